The van der Waals surface area contributed by atoms with Gasteiger partial charge in [-0.3, -0.25) is 4.90 Å². The third-order valence-electron chi connectivity index (χ3n) is 3.95. The fourth-order valence-electron chi connectivity index (χ4n) is 2.60. The van der Waals surface area contributed by atoms with Gasteiger partial charge in [0.15, 0.2) is 0 Å². The number of nitrogens with zero attached hydrogens (tertiary/aromatic N) is 1. The third-order valence-corrected chi connectivity index (χ3v) is 4.85. The second-order valence-corrected chi connectivity index (χ2v) is 7.53. The highest BCUT2D eigenvalue weighted by molar-refractivity contribution is 7.09. The molecule has 2 heterocycles. The van der Waals surface area contributed by atoms with Crippen LogP contribution in [0.25, 0.3) is 0 Å². The number of thiophene rings is 1. The van der Waals surface area contributed by atoms with Gasteiger partial charge in [-0.25, -0.2) is 0 Å². The molecule has 1 aromatic heterocycles. The minimum atomic E-state index is 0.349. The van der Waals surface area contributed by atoms with Crippen molar-refractivity contribution in [3.63, 3.8) is 0 Å². The van der Waals surface area contributed by atoms with Crippen LogP contribution in [-0.4, -0.2) is 36.6 Å². The zero-order valence-corrected chi connectivity index (χ0v) is 12.9. The first-order valence-corrected chi connectivity index (χ1v) is 7.84. The van der Waals surface area contributed by atoms with Gasteiger partial charge in [-0.2, -0.15) is 0 Å². The number of nitrogens with one attached hydrogen (secondary N) is 1. The summed E-state index contributed by atoms with van der Waals surface area (Å²) >= 11 is 1.88. The van der Waals surface area contributed by atoms with E-state index in [-0.39, 0.29) is 0 Å². The maximum atomic E-state index is 3.66. The van der Waals surface area contributed by atoms with Gasteiger partial charge in [0.05, 0.1) is 0 Å². The molecule has 1 aliphatic heterocycles. The molecule has 2 atom stereocenters. The molecule has 2 nitrogen and oxygen atoms in total. The van der Waals surface area contributed by atoms with Crippen molar-refractivity contribution in [1.29, 1.82) is 0 Å². The van der Waals surface area contributed by atoms with Crippen molar-refractivity contribution in [3.05, 3.63) is 22.4 Å². The summed E-state index contributed by atoms with van der Waals surface area (Å²) in [6.07, 6.45) is 1.19. The molecule has 0 amide bonds. The summed E-state index contributed by atoms with van der Waals surface area (Å²) in [5.41, 5.74) is 0.349. The normalized spacial score (nSPS) is 24.1. The minimum absolute atomic E-state index is 0.349. The molecule has 2 rings (SSSR count). The standard InChI is InChI=1S/C15H26N2S/c1-12(10-13-6-5-9-18-13)17-8-7-16-14(11-17)15(2,3)4/h5-6,9,12,14,16H,7-8,10-11H2,1-4H3. The molecular formula is C15H26N2S. The van der Waals surface area contributed by atoms with Crippen molar-refractivity contribution in [1.82, 2.24) is 10.2 Å². The maximum Gasteiger partial charge on any atom is 0.0244 e. The Kier molecular flexibility index (Phi) is 4.46. The van der Waals surface area contributed by atoms with Gasteiger partial charge in [0, 0.05) is 36.6 Å². The van der Waals surface area contributed by atoms with Crippen molar-refractivity contribution in [2.24, 2.45) is 5.41 Å². The molecule has 0 radical (unpaired) electrons. The Bertz CT molecular complexity index is 353. The monoisotopic (exact) mass is 266 g/mol. The van der Waals surface area contributed by atoms with Crippen molar-refractivity contribution >= 4 is 11.3 Å². The Morgan fingerprint density at radius 2 is 2.28 bits per heavy atom. The van der Waals surface area contributed by atoms with Crippen LogP contribution in [0.3, 0.4) is 0 Å². The van der Waals surface area contributed by atoms with E-state index in [1.807, 2.05) is 11.3 Å². The highest BCUT2D eigenvalue weighted by atomic mass is 32.1. The molecule has 0 bridgehead atoms. The van der Waals surface area contributed by atoms with Crippen LogP contribution in [0.2, 0.25) is 0 Å². The molecule has 18 heavy (non-hydrogen) atoms. The molecule has 102 valence electrons. The first kappa shape index (κ1) is 14.0. The second-order valence-electron chi connectivity index (χ2n) is 6.50. The largest absolute Gasteiger partial charge is 0.311 e. The second kappa shape index (κ2) is 5.72. The molecule has 0 spiro atoms. The SMILES string of the molecule is CC(Cc1cccs1)N1CCNC(C(C)(C)C)C1. The van der Waals surface area contributed by atoms with E-state index < -0.39 is 0 Å². The highest BCUT2D eigenvalue weighted by Crippen LogP contribution is 2.23. The van der Waals surface area contributed by atoms with E-state index >= 15 is 0 Å². The Morgan fingerprint density at radius 1 is 1.50 bits per heavy atom. The van der Waals surface area contributed by atoms with Crippen LogP contribution < -0.4 is 5.32 Å². The van der Waals surface area contributed by atoms with Gasteiger partial charge in [-0.05, 0) is 30.2 Å². The van der Waals surface area contributed by atoms with Crippen LogP contribution in [0, 0.1) is 5.41 Å². The molecule has 0 saturated carbocycles. The molecule has 3 heteroatoms. The van der Waals surface area contributed by atoms with Gasteiger partial charge >= 0.3 is 0 Å². The van der Waals surface area contributed by atoms with Crippen molar-refractivity contribution < 1.29 is 0 Å². The molecule has 1 saturated heterocycles. The van der Waals surface area contributed by atoms with Gasteiger partial charge in [-0.1, -0.05) is 26.8 Å². The van der Waals surface area contributed by atoms with Crippen LogP contribution in [0.5, 0.6) is 0 Å². The zero-order chi connectivity index (χ0) is 13.2. The van der Waals surface area contributed by atoms with Crippen molar-refractivity contribution in [2.75, 3.05) is 19.6 Å². The average Bonchev–Trinajstić information content (AvgIpc) is 2.81. The fourth-order valence-corrected chi connectivity index (χ4v) is 3.43. The lowest BCUT2D eigenvalue weighted by atomic mass is 9.85. The molecule has 1 N–H and O–H groups in total. The fraction of sp³-hybridized carbons (Fsp3) is 0.733. The Morgan fingerprint density at radius 3 is 2.89 bits per heavy atom. The van der Waals surface area contributed by atoms with Crippen LogP contribution in [0.1, 0.15) is 32.6 Å². The third kappa shape index (κ3) is 3.56. The first-order chi connectivity index (χ1) is 8.47. The van der Waals surface area contributed by atoms with Crippen LogP contribution in [-0.2, 0) is 6.42 Å². The quantitative estimate of drug-likeness (QED) is 0.905. The molecule has 1 aromatic rings. The summed E-state index contributed by atoms with van der Waals surface area (Å²) in [6.45, 7) is 12.8. The van der Waals surface area contributed by atoms with E-state index in [2.05, 4.69) is 55.4 Å². The molecule has 0 aromatic carbocycles. The number of hydrogen-bond donors (Lipinski definition) is 1. The smallest absolute Gasteiger partial charge is 0.0244 e. The van der Waals surface area contributed by atoms with Crippen LogP contribution in [0.15, 0.2) is 17.5 Å². The van der Waals surface area contributed by atoms with E-state index in [0.717, 1.165) is 6.54 Å². The predicted octanol–water partition coefficient (Wildman–Crippen LogP) is 3.00. The van der Waals surface area contributed by atoms with E-state index in [1.54, 1.807) is 0 Å². The summed E-state index contributed by atoms with van der Waals surface area (Å²) in [7, 11) is 0. The molecule has 2 unspecified atom stereocenters. The van der Waals surface area contributed by atoms with Gasteiger partial charge in [0.25, 0.3) is 0 Å². The predicted molar refractivity (Wildman–Crippen MR) is 80.3 cm³/mol. The molecule has 0 aliphatic carbocycles. The summed E-state index contributed by atoms with van der Waals surface area (Å²) in [5.74, 6) is 0. The van der Waals surface area contributed by atoms with Crippen LogP contribution >= 0.6 is 11.3 Å². The van der Waals surface area contributed by atoms with Gasteiger partial charge in [-0.15, -0.1) is 11.3 Å². The van der Waals surface area contributed by atoms with Crippen LogP contribution in [0.4, 0.5) is 0 Å². The maximum absolute atomic E-state index is 3.66. The number of piperazine rings is 1. The molecular weight excluding hydrogens is 240 g/mol. The topological polar surface area (TPSA) is 15.3 Å². The molecule has 1 aliphatic rings. The average molecular weight is 266 g/mol. The summed E-state index contributed by atoms with van der Waals surface area (Å²) in [5, 5.41) is 5.84. The highest BCUT2D eigenvalue weighted by Gasteiger charge is 2.30. The Labute approximate surface area is 115 Å². The molecule has 1 fully saturated rings. The van der Waals surface area contributed by atoms with E-state index in [4.69, 9.17) is 0 Å². The Balaban J connectivity index is 1.92. The number of hydrogen-bond acceptors (Lipinski definition) is 3. The van der Waals surface area contributed by atoms with E-state index in [9.17, 15) is 0 Å². The first-order valence-electron chi connectivity index (χ1n) is 6.96. The lowest BCUT2D eigenvalue weighted by Gasteiger charge is -2.42. The van der Waals surface area contributed by atoms with Gasteiger partial charge in [0.1, 0.15) is 0 Å². The summed E-state index contributed by atoms with van der Waals surface area (Å²) < 4.78 is 0. The van der Waals surface area contributed by atoms with Crippen molar-refractivity contribution in [3.8, 4) is 0 Å². The van der Waals surface area contributed by atoms with E-state index in [0.29, 0.717) is 17.5 Å². The van der Waals surface area contributed by atoms with E-state index in [1.165, 1.54) is 24.4 Å². The summed E-state index contributed by atoms with van der Waals surface area (Å²) in [4.78, 5) is 4.15. The minimum Gasteiger partial charge on any atom is -0.311 e. The lowest BCUT2D eigenvalue weighted by Crippen LogP contribution is -2.58. The summed E-state index contributed by atoms with van der Waals surface area (Å²) in [6, 6.07) is 5.67. The van der Waals surface area contributed by atoms with Gasteiger partial charge in [0.2, 0.25) is 0 Å². The Hall–Kier alpha value is -0.380. The van der Waals surface area contributed by atoms with Crippen molar-refractivity contribution in [2.45, 2.75) is 46.2 Å². The lowest BCUT2D eigenvalue weighted by molar-refractivity contribution is 0.104. The van der Waals surface area contributed by atoms with Gasteiger partial charge < -0.3 is 5.32 Å². The number of rotatable bonds is 3. The zero-order valence-electron chi connectivity index (χ0n) is 12.1.